The Kier molecular flexibility index (Phi) is 5.24. The molecular formula is C15H21FN4. The third kappa shape index (κ3) is 3.87. The maximum atomic E-state index is 13.2. The first-order chi connectivity index (χ1) is 9.72. The summed E-state index contributed by atoms with van der Waals surface area (Å²) in [5, 5.41) is 4.22. The molecule has 0 saturated carbocycles. The molecule has 4 nitrogen and oxygen atoms in total. The number of hydrogen-bond donors (Lipinski definition) is 1. The molecule has 108 valence electrons. The summed E-state index contributed by atoms with van der Waals surface area (Å²) in [7, 11) is 0. The van der Waals surface area contributed by atoms with E-state index in [0.29, 0.717) is 6.54 Å². The van der Waals surface area contributed by atoms with Crippen LogP contribution in [0.1, 0.15) is 24.7 Å². The minimum atomic E-state index is -0.201. The summed E-state index contributed by atoms with van der Waals surface area (Å²) in [6.07, 6.45) is 4.13. The van der Waals surface area contributed by atoms with E-state index in [0.717, 1.165) is 37.2 Å². The normalized spacial score (nSPS) is 12.6. The highest BCUT2D eigenvalue weighted by Gasteiger charge is 2.13. The highest BCUT2D eigenvalue weighted by atomic mass is 19.1. The minimum Gasteiger partial charge on any atom is -0.330 e. The van der Waals surface area contributed by atoms with Gasteiger partial charge in [0.15, 0.2) is 0 Å². The largest absolute Gasteiger partial charge is 0.330 e. The van der Waals surface area contributed by atoms with Gasteiger partial charge >= 0.3 is 0 Å². The average molecular weight is 276 g/mol. The van der Waals surface area contributed by atoms with Crippen LogP contribution in [0.4, 0.5) is 4.39 Å². The summed E-state index contributed by atoms with van der Waals surface area (Å²) in [5.41, 5.74) is 6.82. The van der Waals surface area contributed by atoms with Crippen LogP contribution in [0.5, 0.6) is 0 Å². The Morgan fingerprint density at radius 3 is 2.90 bits per heavy atom. The monoisotopic (exact) mass is 276 g/mol. The Hall–Kier alpha value is -1.75. The van der Waals surface area contributed by atoms with Crippen LogP contribution in [0.15, 0.2) is 30.6 Å². The van der Waals surface area contributed by atoms with E-state index in [1.165, 1.54) is 6.07 Å². The Morgan fingerprint density at radius 1 is 1.35 bits per heavy atom. The second kappa shape index (κ2) is 7.14. The van der Waals surface area contributed by atoms with Gasteiger partial charge in [-0.3, -0.25) is 4.68 Å². The number of rotatable bonds is 7. The first kappa shape index (κ1) is 14.7. The molecule has 0 saturated heterocycles. The molecule has 1 unspecified atom stereocenters. The van der Waals surface area contributed by atoms with Gasteiger partial charge < -0.3 is 5.73 Å². The van der Waals surface area contributed by atoms with Gasteiger partial charge in [-0.15, -0.1) is 0 Å². The van der Waals surface area contributed by atoms with E-state index in [-0.39, 0.29) is 11.7 Å². The number of nitrogens with two attached hydrogens (primary N) is 1. The van der Waals surface area contributed by atoms with Gasteiger partial charge in [0.1, 0.15) is 18.0 Å². The van der Waals surface area contributed by atoms with Crippen molar-refractivity contribution in [2.75, 3.05) is 6.54 Å². The average Bonchev–Trinajstić information content (AvgIpc) is 2.86. The zero-order valence-electron chi connectivity index (χ0n) is 11.8. The summed E-state index contributed by atoms with van der Waals surface area (Å²) in [4.78, 5) is 4.30. The van der Waals surface area contributed by atoms with Gasteiger partial charge in [-0.1, -0.05) is 19.1 Å². The number of benzene rings is 1. The molecule has 0 aliphatic carbocycles. The van der Waals surface area contributed by atoms with Gasteiger partial charge in [0.05, 0.1) is 0 Å². The van der Waals surface area contributed by atoms with Crippen LogP contribution in [0.25, 0.3) is 0 Å². The zero-order chi connectivity index (χ0) is 14.4. The predicted molar refractivity (Wildman–Crippen MR) is 76.7 cm³/mol. The van der Waals surface area contributed by atoms with Gasteiger partial charge in [-0.25, -0.2) is 9.37 Å². The first-order valence-corrected chi connectivity index (χ1v) is 7.04. The molecule has 1 atom stereocenters. The summed E-state index contributed by atoms with van der Waals surface area (Å²) in [5.74, 6) is 1.00. The third-order valence-electron chi connectivity index (χ3n) is 3.35. The molecule has 1 heterocycles. The van der Waals surface area contributed by atoms with Crippen LogP contribution < -0.4 is 5.73 Å². The molecule has 20 heavy (non-hydrogen) atoms. The van der Waals surface area contributed by atoms with Crippen LogP contribution in [-0.4, -0.2) is 21.3 Å². The minimum absolute atomic E-state index is 0.201. The van der Waals surface area contributed by atoms with Crippen molar-refractivity contribution in [1.29, 1.82) is 0 Å². The van der Waals surface area contributed by atoms with Crippen LogP contribution in [-0.2, 0) is 19.4 Å². The van der Waals surface area contributed by atoms with E-state index in [2.05, 4.69) is 17.0 Å². The van der Waals surface area contributed by atoms with E-state index >= 15 is 0 Å². The molecule has 0 amide bonds. The molecule has 5 heteroatoms. The van der Waals surface area contributed by atoms with Gasteiger partial charge in [-0.2, -0.15) is 5.10 Å². The van der Waals surface area contributed by atoms with Gasteiger partial charge in [0.25, 0.3) is 0 Å². The summed E-state index contributed by atoms with van der Waals surface area (Å²) < 4.78 is 15.1. The number of hydrogen-bond acceptors (Lipinski definition) is 3. The lowest BCUT2D eigenvalue weighted by atomic mass is 9.96. The van der Waals surface area contributed by atoms with Crippen molar-refractivity contribution in [2.45, 2.75) is 32.7 Å². The second-order valence-electron chi connectivity index (χ2n) is 5.04. The zero-order valence-corrected chi connectivity index (χ0v) is 11.8. The maximum absolute atomic E-state index is 13.2. The molecule has 0 bridgehead atoms. The highest BCUT2D eigenvalue weighted by Crippen LogP contribution is 2.14. The number of aromatic nitrogens is 3. The van der Waals surface area contributed by atoms with Crippen LogP contribution in [0.2, 0.25) is 0 Å². The molecule has 2 aromatic rings. The van der Waals surface area contributed by atoms with Crippen LogP contribution in [0, 0.1) is 11.7 Å². The standard InChI is InChI=1S/C15H21FN4/c1-2-6-20-15(18-11-19-20)9-13(10-17)7-12-4-3-5-14(16)8-12/h3-5,8,11,13H,2,6-7,9-10,17H2,1H3. The Labute approximate surface area is 118 Å². The maximum Gasteiger partial charge on any atom is 0.138 e. The van der Waals surface area contributed by atoms with Crippen molar-refractivity contribution in [1.82, 2.24) is 14.8 Å². The van der Waals surface area contributed by atoms with Crippen molar-refractivity contribution < 1.29 is 4.39 Å². The SMILES string of the molecule is CCCn1ncnc1CC(CN)Cc1cccc(F)c1. The molecule has 0 aliphatic heterocycles. The third-order valence-corrected chi connectivity index (χ3v) is 3.35. The topological polar surface area (TPSA) is 56.7 Å². The summed E-state index contributed by atoms with van der Waals surface area (Å²) >= 11 is 0. The molecule has 0 aliphatic rings. The van der Waals surface area contributed by atoms with Gasteiger partial charge in [0, 0.05) is 13.0 Å². The fourth-order valence-corrected chi connectivity index (χ4v) is 2.34. The predicted octanol–water partition coefficient (Wildman–Crippen LogP) is 2.19. The molecule has 2 N–H and O–H groups in total. The van der Waals surface area contributed by atoms with Crippen LogP contribution in [0.3, 0.4) is 0 Å². The van der Waals surface area contributed by atoms with E-state index in [4.69, 9.17) is 5.73 Å². The smallest absolute Gasteiger partial charge is 0.138 e. The van der Waals surface area contributed by atoms with Crippen molar-refractivity contribution in [2.24, 2.45) is 11.7 Å². The van der Waals surface area contributed by atoms with Crippen molar-refractivity contribution in [3.8, 4) is 0 Å². The molecule has 2 rings (SSSR count). The highest BCUT2D eigenvalue weighted by molar-refractivity contribution is 5.17. The lowest BCUT2D eigenvalue weighted by Gasteiger charge is -2.15. The summed E-state index contributed by atoms with van der Waals surface area (Å²) in [6, 6.07) is 6.69. The molecule has 0 fully saturated rings. The molecule has 1 aromatic heterocycles. The van der Waals surface area contributed by atoms with Crippen LogP contribution >= 0.6 is 0 Å². The number of halogens is 1. The van der Waals surface area contributed by atoms with E-state index in [9.17, 15) is 4.39 Å². The Bertz CT molecular complexity index is 538. The molecule has 0 spiro atoms. The number of nitrogens with zero attached hydrogens (tertiary/aromatic N) is 3. The molecule has 0 radical (unpaired) electrons. The lowest BCUT2D eigenvalue weighted by Crippen LogP contribution is -2.21. The van der Waals surface area contributed by atoms with E-state index in [1.54, 1.807) is 18.5 Å². The Balaban J connectivity index is 2.03. The lowest BCUT2D eigenvalue weighted by molar-refractivity contribution is 0.481. The molecular weight excluding hydrogens is 255 g/mol. The fourth-order valence-electron chi connectivity index (χ4n) is 2.34. The quantitative estimate of drug-likeness (QED) is 0.843. The van der Waals surface area contributed by atoms with Crippen molar-refractivity contribution in [3.63, 3.8) is 0 Å². The van der Waals surface area contributed by atoms with Gasteiger partial charge in [-0.05, 0) is 43.0 Å². The first-order valence-electron chi connectivity index (χ1n) is 7.04. The van der Waals surface area contributed by atoms with E-state index in [1.807, 2.05) is 10.7 Å². The fraction of sp³-hybridized carbons (Fsp3) is 0.467. The Morgan fingerprint density at radius 2 is 2.20 bits per heavy atom. The van der Waals surface area contributed by atoms with Crippen molar-refractivity contribution >= 4 is 0 Å². The van der Waals surface area contributed by atoms with Gasteiger partial charge in [0.2, 0.25) is 0 Å². The second-order valence-corrected chi connectivity index (χ2v) is 5.04. The number of aryl methyl sites for hydroxylation is 1. The molecule has 1 aromatic carbocycles. The van der Waals surface area contributed by atoms with Crippen molar-refractivity contribution in [3.05, 3.63) is 47.8 Å². The van der Waals surface area contributed by atoms with E-state index < -0.39 is 0 Å². The summed E-state index contributed by atoms with van der Waals surface area (Å²) in [6.45, 7) is 3.53.